The number of carboxylic acids is 1. The number of aromatic hydroxyl groups is 1. The molecule has 3 N–H and O–H groups in total. The molecule has 0 aromatic heterocycles. The van der Waals surface area contributed by atoms with Gasteiger partial charge in [-0.25, -0.2) is 4.79 Å². The number of aliphatic hydroxyl groups excluding tert-OH is 1. The molecule has 3 aliphatic carbocycles. The van der Waals surface area contributed by atoms with Crippen molar-refractivity contribution in [3.63, 3.8) is 0 Å². The second-order valence-corrected chi connectivity index (χ2v) is 15.3. The van der Waals surface area contributed by atoms with Crippen LogP contribution >= 0.6 is 0 Å². The lowest BCUT2D eigenvalue weighted by Crippen LogP contribution is -2.72. The molecule has 6 aliphatic rings. The lowest BCUT2D eigenvalue weighted by molar-refractivity contribution is -0.171. The predicted molar refractivity (Wildman–Crippen MR) is 175 cm³/mol. The number of rotatable bonds is 8. The predicted octanol–water partition coefficient (Wildman–Crippen LogP) is 6.65. The van der Waals surface area contributed by atoms with E-state index in [0.29, 0.717) is 18.4 Å². The number of phenols is 1. The largest absolute Gasteiger partial charge is 0.506 e. The molecular weight excluding hydrogens is 600 g/mol. The van der Waals surface area contributed by atoms with Crippen LogP contribution in [0.3, 0.4) is 0 Å². The van der Waals surface area contributed by atoms with Crippen molar-refractivity contribution in [2.75, 3.05) is 0 Å². The summed E-state index contributed by atoms with van der Waals surface area (Å²) in [5, 5.41) is 33.0. The molecule has 9 nitrogen and oxygen atoms in total. The van der Waals surface area contributed by atoms with Crippen LogP contribution < -0.4 is 9.47 Å². The van der Waals surface area contributed by atoms with Crippen LogP contribution in [-0.2, 0) is 20.7 Å². The number of carboxylic acid groups (broad SMARTS) is 1. The summed E-state index contributed by atoms with van der Waals surface area (Å²) in [5.41, 5.74) is -1.83. The van der Waals surface area contributed by atoms with E-state index in [0.717, 1.165) is 12.0 Å². The van der Waals surface area contributed by atoms with Gasteiger partial charge in [0.1, 0.15) is 28.4 Å². The van der Waals surface area contributed by atoms with Crippen molar-refractivity contribution in [1.82, 2.24) is 0 Å². The summed E-state index contributed by atoms with van der Waals surface area (Å²) in [5.74, 6) is -2.90. The van der Waals surface area contributed by atoms with E-state index in [1.807, 2.05) is 54.5 Å². The van der Waals surface area contributed by atoms with Gasteiger partial charge in [0.2, 0.25) is 0 Å². The highest BCUT2D eigenvalue weighted by Gasteiger charge is 2.81. The number of Topliss-reactive ketones (excluding diaryl/α,β-unsaturated/α-hetero) is 2. The maximum absolute atomic E-state index is 14.8. The Morgan fingerprint density at radius 1 is 1.00 bits per heavy atom. The van der Waals surface area contributed by atoms with Gasteiger partial charge in [0.15, 0.2) is 22.8 Å². The van der Waals surface area contributed by atoms with Crippen molar-refractivity contribution in [3.8, 4) is 17.2 Å². The number of aliphatic carboxylic acids is 1. The minimum absolute atomic E-state index is 0.0497. The molecule has 4 bridgehead atoms. The fourth-order valence-electron chi connectivity index (χ4n) is 8.64. The van der Waals surface area contributed by atoms with Crippen molar-refractivity contribution in [3.05, 3.63) is 63.3 Å². The fraction of sp³-hybridized carbons (Fsp3) is 0.553. The zero-order valence-electron chi connectivity index (χ0n) is 28.6. The topological polar surface area (TPSA) is 140 Å². The third-order valence-electron chi connectivity index (χ3n) is 10.9. The summed E-state index contributed by atoms with van der Waals surface area (Å²) in [6, 6.07) is 0. The van der Waals surface area contributed by atoms with Crippen LogP contribution in [0.15, 0.2) is 46.6 Å². The number of hydrogen-bond acceptors (Lipinski definition) is 8. The molecule has 1 saturated heterocycles. The summed E-state index contributed by atoms with van der Waals surface area (Å²) in [4.78, 5) is 40.9. The van der Waals surface area contributed by atoms with Crippen molar-refractivity contribution >= 4 is 17.5 Å². The molecule has 6 atom stereocenters. The lowest BCUT2D eigenvalue weighted by atomic mass is 9.51. The Balaban J connectivity index is 1.60. The minimum atomic E-state index is -1.67. The van der Waals surface area contributed by atoms with E-state index in [1.54, 1.807) is 6.08 Å². The molecule has 0 radical (unpaired) electrons. The Kier molecular flexibility index (Phi) is 7.72. The number of carbonyl (C=O) groups excluding carboxylic acids is 2. The van der Waals surface area contributed by atoms with Gasteiger partial charge in [-0.15, -0.1) is 0 Å². The van der Waals surface area contributed by atoms with Crippen LogP contribution in [0, 0.1) is 11.8 Å². The molecule has 3 aliphatic heterocycles. The average molecular weight is 647 g/mol. The van der Waals surface area contributed by atoms with E-state index in [2.05, 4.69) is 6.08 Å². The molecule has 252 valence electrons. The minimum Gasteiger partial charge on any atom is -0.506 e. The maximum Gasteiger partial charge on any atom is 0.330 e. The first-order chi connectivity index (χ1) is 21.9. The molecule has 47 heavy (non-hydrogen) atoms. The van der Waals surface area contributed by atoms with Crippen LogP contribution in [0.25, 0.3) is 0 Å². The SMILES string of the molecule is CC(C)=CCC[C@]1(C)C[C@@H](O)c2c(O)c3c(c(CC=C(C)C)c2O1)O[C@]12C(=C[C@@H]4C[C@H]1C(C)(C)O[C@@]2(C/C=C(\C)C(=O)O)C4=O)C3=O. The Hall–Kier alpha value is -3.69. The molecule has 2 fully saturated rings. The highest BCUT2D eigenvalue weighted by molar-refractivity contribution is 6.18. The molecule has 9 heteroatoms. The maximum atomic E-state index is 14.8. The number of phenolic OH excluding ortho intramolecular Hbond substituents is 1. The first-order valence-electron chi connectivity index (χ1n) is 16.5. The number of allylic oxidation sites excluding steroid dienone is 5. The number of hydrogen-bond donors (Lipinski definition) is 3. The Morgan fingerprint density at radius 2 is 1.68 bits per heavy atom. The standard InChI is InChI=1S/C38H46O9/c1-19(2)10-9-14-36(8)18-25(39)27-30(41)28-29(40)24-16-22-17-26-35(6,7)47-37(33(22)42,15-13-21(5)34(43)44)38(24,26)46-32(28)23(31(27)45-36)12-11-20(3)4/h10-11,13,16,22,25-26,39,41H,9,12,14-15,17-18H2,1-8H3,(H,43,44)/b21-13+/t22-,25-,26+,36-,37+,38-/m1/s1. The van der Waals surface area contributed by atoms with Gasteiger partial charge in [-0.3, -0.25) is 9.59 Å². The monoisotopic (exact) mass is 646 g/mol. The van der Waals surface area contributed by atoms with Gasteiger partial charge < -0.3 is 29.5 Å². The average Bonchev–Trinajstić information content (AvgIpc) is 3.11. The molecule has 3 heterocycles. The van der Waals surface area contributed by atoms with Crippen molar-refractivity contribution in [2.45, 2.75) is 122 Å². The van der Waals surface area contributed by atoms with E-state index in [-0.39, 0.29) is 64.6 Å². The molecule has 7 rings (SSSR count). The lowest BCUT2D eigenvalue weighted by Gasteiger charge is -2.56. The smallest absolute Gasteiger partial charge is 0.330 e. The quantitative estimate of drug-likeness (QED) is 0.209. The highest BCUT2D eigenvalue weighted by atomic mass is 16.6. The Morgan fingerprint density at radius 3 is 2.32 bits per heavy atom. The number of carbonyl (C=O) groups is 3. The van der Waals surface area contributed by atoms with E-state index >= 15 is 0 Å². The van der Waals surface area contributed by atoms with Gasteiger partial charge in [-0.2, -0.15) is 0 Å². The Labute approximate surface area is 276 Å². The molecule has 1 saturated carbocycles. The third-order valence-corrected chi connectivity index (χ3v) is 10.9. The molecule has 1 aromatic rings. The summed E-state index contributed by atoms with van der Waals surface area (Å²) >= 11 is 0. The van der Waals surface area contributed by atoms with Crippen molar-refractivity contribution in [1.29, 1.82) is 0 Å². The van der Waals surface area contributed by atoms with Crippen LogP contribution in [0.4, 0.5) is 0 Å². The summed E-state index contributed by atoms with van der Waals surface area (Å²) < 4.78 is 20.6. The molecule has 1 spiro atoms. The summed E-state index contributed by atoms with van der Waals surface area (Å²) in [6.45, 7) is 15.1. The number of fused-ring (bicyclic) bond motifs is 2. The zero-order chi connectivity index (χ0) is 34.4. The van der Waals surface area contributed by atoms with Crippen molar-refractivity contribution < 1.29 is 43.9 Å². The first kappa shape index (κ1) is 33.2. The molecule has 0 unspecified atom stereocenters. The van der Waals surface area contributed by atoms with Crippen LogP contribution in [0.2, 0.25) is 0 Å². The number of benzene rings is 1. The Bertz CT molecular complexity index is 1720. The highest BCUT2D eigenvalue weighted by Crippen LogP contribution is 2.69. The molecule has 0 amide bonds. The third kappa shape index (κ3) is 4.75. The summed E-state index contributed by atoms with van der Waals surface area (Å²) in [6.07, 6.45) is 8.28. The van der Waals surface area contributed by atoms with Crippen molar-refractivity contribution in [2.24, 2.45) is 11.8 Å². The van der Waals surface area contributed by atoms with Crippen LogP contribution in [0.1, 0.15) is 115 Å². The van der Waals surface area contributed by atoms with Gasteiger partial charge in [-0.1, -0.05) is 35.5 Å². The molecule has 1 aromatic carbocycles. The van der Waals surface area contributed by atoms with E-state index in [9.17, 15) is 29.7 Å². The fourth-order valence-corrected chi connectivity index (χ4v) is 8.64. The van der Waals surface area contributed by atoms with E-state index in [4.69, 9.17) is 14.2 Å². The van der Waals surface area contributed by atoms with Crippen LogP contribution in [-0.4, -0.2) is 55.3 Å². The van der Waals surface area contributed by atoms with E-state index < -0.39 is 52.1 Å². The van der Waals surface area contributed by atoms with Gasteiger partial charge in [0.05, 0.1) is 17.3 Å². The van der Waals surface area contributed by atoms with E-state index in [1.165, 1.54) is 18.6 Å². The first-order valence-corrected chi connectivity index (χ1v) is 16.5. The summed E-state index contributed by atoms with van der Waals surface area (Å²) in [7, 11) is 0. The molecular formula is C38H46O9. The van der Waals surface area contributed by atoms with Crippen LogP contribution in [0.5, 0.6) is 17.2 Å². The van der Waals surface area contributed by atoms with Gasteiger partial charge in [0.25, 0.3) is 0 Å². The second-order valence-electron chi connectivity index (χ2n) is 15.3. The van der Waals surface area contributed by atoms with Gasteiger partial charge >= 0.3 is 5.97 Å². The van der Waals surface area contributed by atoms with Gasteiger partial charge in [-0.05, 0) is 81.1 Å². The normalized spacial score (nSPS) is 32.7. The number of ketones is 2. The zero-order valence-corrected chi connectivity index (χ0v) is 28.6. The second kappa shape index (κ2) is 10.9. The number of aliphatic hydroxyl groups is 1. The number of ether oxygens (including phenoxy) is 3. The van der Waals surface area contributed by atoms with Gasteiger partial charge in [0, 0.05) is 41.4 Å².